The van der Waals surface area contributed by atoms with Gasteiger partial charge in [0.05, 0.1) is 46.0 Å². The highest BCUT2D eigenvalue weighted by atomic mass is 32.1. The number of fused-ring (bicyclic) bond motifs is 3. The molecule has 1 saturated heterocycles. The lowest BCUT2D eigenvalue weighted by Crippen LogP contribution is -2.57. The van der Waals surface area contributed by atoms with E-state index in [0.29, 0.717) is 23.0 Å². The highest BCUT2D eigenvalue weighted by Crippen LogP contribution is 2.40. The minimum Gasteiger partial charge on any atom is -0.481 e. The summed E-state index contributed by atoms with van der Waals surface area (Å²) in [5, 5.41) is 40.5. The van der Waals surface area contributed by atoms with Crippen molar-refractivity contribution in [2.24, 2.45) is 10.4 Å². The molecule has 3 amide bonds. The van der Waals surface area contributed by atoms with Gasteiger partial charge in [0.1, 0.15) is 29.0 Å². The number of thiazole rings is 1. The third-order valence-corrected chi connectivity index (χ3v) is 14.0. The van der Waals surface area contributed by atoms with Gasteiger partial charge >= 0.3 is 5.97 Å². The summed E-state index contributed by atoms with van der Waals surface area (Å²) < 4.78 is 3.46. The number of rotatable bonds is 11. The number of thiophene rings is 1. The molecule has 5 atom stereocenters. The van der Waals surface area contributed by atoms with E-state index < -0.39 is 53.3 Å². The number of β-amino-alcohol motifs (C(OH)–C–C–N with tert-alkyl or cyclic N) is 1. The van der Waals surface area contributed by atoms with Crippen molar-refractivity contribution in [2.75, 3.05) is 6.54 Å². The third-order valence-electron chi connectivity index (χ3n) is 11.9. The standard InChI is InChI=1S/C46H50N10O6S2/c1-23-26(4)64-45-37(23)38(49-34(20-36(58)59)41-52-51-27(5)56(41)45)29-13-15-31(16-14-29)55-18-17-33(53-55)42(60)50-40(46(6,7)8)44(62)54-21-32(57)19-35(54)43(61)48-24(2)28-9-11-30(12-10-28)39-25(3)47-22-63-39/h9-18,22,24,32,34-35,40,57H,19-21H2,1-8H3,(H,48,61)(H,50,60)(H,58,59)/t24-,32+,34-,35-,40+/m0/s1. The molecule has 0 bridgehead atoms. The molecular weight excluding hydrogens is 853 g/mol. The fourth-order valence-electron chi connectivity index (χ4n) is 8.27. The summed E-state index contributed by atoms with van der Waals surface area (Å²) in [6.45, 7) is 15.2. The number of carbonyl (C=O) groups excluding carboxylic acids is 3. The highest BCUT2D eigenvalue weighted by molar-refractivity contribution is 7.15. The van der Waals surface area contributed by atoms with Gasteiger partial charge in [-0.05, 0) is 74.9 Å². The molecule has 2 aliphatic rings. The maximum absolute atomic E-state index is 14.3. The number of hydrogen-bond donors (Lipinski definition) is 4. The van der Waals surface area contributed by atoms with Crippen LogP contribution >= 0.6 is 22.7 Å². The van der Waals surface area contributed by atoms with Gasteiger partial charge in [-0.1, -0.05) is 57.2 Å². The first kappa shape index (κ1) is 44.2. The number of amides is 3. The van der Waals surface area contributed by atoms with Crippen LogP contribution in [0.4, 0.5) is 0 Å². The van der Waals surface area contributed by atoms with Gasteiger partial charge in [-0.2, -0.15) is 5.10 Å². The maximum Gasteiger partial charge on any atom is 0.306 e. The number of carbonyl (C=O) groups is 4. The van der Waals surface area contributed by atoms with Crippen LogP contribution in [0.15, 0.2) is 71.3 Å². The van der Waals surface area contributed by atoms with Crippen molar-refractivity contribution >= 4 is 52.1 Å². The molecule has 0 saturated carbocycles. The van der Waals surface area contributed by atoms with Gasteiger partial charge in [-0.25, -0.2) is 9.67 Å². The molecule has 2 aliphatic heterocycles. The molecule has 0 radical (unpaired) electrons. The number of nitrogens with one attached hydrogen (secondary N) is 2. The van der Waals surface area contributed by atoms with E-state index in [9.17, 15) is 29.4 Å². The van der Waals surface area contributed by atoms with E-state index >= 15 is 0 Å². The molecule has 8 rings (SSSR count). The molecule has 4 aromatic heterocycles. The Labute approximate surface area is 378 Å². The monoisotopic (exact) mass is 902 g/mol. The summed E-state index contributed by atoms with van der Waals surface area (Å²) in [6.07, 6.45) is 0.540. The van der Waals surface area contributed by atoms with Crippen molar-refractivity contribution in [3.05, 3.63) is 116 Å². The number of carboxylic acid groups (broad SMARTS) is 1. The molecule has 18 heteroatoms. The van der Waals surface area contributed by atoms with E-state index in [1.807, 2.05) is 114 Å². The van der Waals surface area contributed by atoms with Crippen LogP contribution in [0.1, 0.15) is 108 Å². The molecule has 4 N–H and O–H groups in total. The highest BCUT2D eigenvalue weighted by Gasteiger charge is 2.45. The van der Waals surface area contributed by atoms with Crippen molar-refractivity contribution in [2.45, 2.75) is 98.5 Å². The molecule has 6 heterocycles. The normalized spacial score (nSPS) is 18.1. The Bertz CT molecular complexity index is 2800. The zero-order chi connectivity index (χ0) is 45.8. The predicted octanol–water partition coefficient (Wildman–Crippen LogP) is 6.22. The van der Waals surface area contributed by atoms with E-state index in [-0.39, 0.29) is 31.1 Å². The molecule has 332 valence electrons. The number of aliphatic carboxylic acids is 1. The Morgan fingerprint density at radius 3 is 2.30 bits per heavy atom. The van der Waals surface area contributed by atoms with Gasteiger partial charge in [-0.15, -0.1) is 32.9 Å². The fourth-order valence-corrected chi connectivity index (χ4v) is 10.3. The van der Waals surface area contributed by atoms with E-state index in [1.54, 1.807) is 39.6 Å². The Kier molecular flexibility index (Phi) is 12.0. The van der Waals surface area contributed by atoms with Gasteiger partial charge in [0.15, 0.2) is 11.5 Å². The van der Waals surface area contributed by atoms with E-state index in [2.05, 4.69) is 30.9 Å². The average molecular weight is 903 g/mol. The quantitative estimate of drug-likeness (QED) is 0.115. The lowest BCUT2D eigenvalue weighted by Gasteiger charge is -2.35. The Hall–Kier alpha value is -6.37. The van der Waals surface area contributed by atoms with Gasteiger partial charge in [0.2, 0.25) is 11.8 Å². The lowest BCUT2D eigenvalue weighted by atomic mass is 9.85. The van der Waals surface area contributed by atoms with Crippen LogP contribution in [-0.2, 0) is 14.4 Å². The van der Waals surface area contributed by atoms with Crippen LogP contribution in [-0.4, -0.2) is 98.8 Å². The molecular formula is C46H50N10O6S2. The first-order valence-electron chi connectivity index (χ1n) is 21.0. The molecule has 0 aliphatic carbocycles. The van der Waals surface area contributed by atoms with E-state index in [0.717, 1.165) is 48.3 Å². The second-order valence-corrected chi connectivity index (χ2v) is 19.5. The molecule has 2 aromatic carbocycles. The predicted molar refractivity (Wildman–Crippen MR) is 243 cm³/mol. The maximum atomic E-state index is 14.3. The molecule has 0 spiro atoms. The number of aryl methyl sites for hydroxylation is 3. The Morgan fingerprint density at radius 2 is 1.64 bits per heavy atom. The number of nitrogens with zero attached hydrogens (tertiary/aromatic N) is 8. The van der Waals surface area contributed by atoms with Crippen molar-refractivity contribution in [1.29, 1.82) is 0 Å². The van der Waals surface area contributed by atoms with Gasteiger partial charge in [0, 0.05) is 35.2 Å². The third kappa shape index (κ3) is 8.52. The molecule has 6 aromatic rings. The summed E-state index contributed by atoms with van der Waals surface area (Å²) in [6, 6.07) is 13.8. The van der Waals surface area contributed by atoms with Crippen molar-refractivity contribution < 1.29 is 29.4 Å². The number of aliphatic hydroxyl groups is 1. The first-order valence-corrected chi connectivity index (χ1v) is 22.7. The van der Waals surface area contributed by atoms with Crippen molar-refractivity contribution in [3.63, 3.8) is 0 Å². The number of likely N-dealkylation sites (tertiary alicyclic amines) is 1. The van der Waals surface area contributed by atoms with Crippen LogP contribution in [0.25, 0.3) is 21.1 Å². The largest absolute Gasteiger partial charge is 0.481 e. The van der Waals surface area contributed by atoms with Crippen LogP contribution in [0.2, 0.25) is 0 Å². The number of aromatic nitrogens is 6. The second kappa shape index (κ2) is 17.3. The van der Waals surface area contributed by atoms with Crippen LogP contribution < -0.4 is 10.6 Å². The molecule has 1 fully saturated rings. The smallest absolute Gasteiger partial charge is 0.306 e. The summed E-state index contributed by atoms with van der Waals surface area (Å²) in [5.41, 5.74) is 7.96. The molecule has 64 heavy (non-hydrogen) atoms. The summed E-state index contributed by atoms with van der Waals surface area (Å²) in [7, 11) is 0. The molecule has 0 unspecified atom stereocenters. The average Bonchev–Trinajstić information content (AvgIpc) is 4.10. The lowest BCUT2D eigenvalue weighted by molar-refractivity contribution is -0.142. The Morgan fingerprint density at radius 1 is 0.938 bits per heavy atom. The minimum absolute atomic E-state index is 0.0539. The van der Waals surface area contributed by atoms with Gasteiger partial charge in [-0.3, -0.25) is 28.7 Å². The van der Waals surface area contributed by atoms with Gasteiger partial charge in [0.25, 0.3) is 5.91 Å². The fraction of sp³-hybridized carbons (Fsp3) is 0.370. The van der Waals surface area contributed by atoms with Gasteiger partial charge < -0.3 is 25.7 Å². The van der Waals surface area contributed by atoms with E-state index in [4.69, 9.17) is 4.99 Å². The minimum atomic E-state index is -1.05. The Balaban J connectivity index is 0.975. The zero-order valence-corrected chi connectivity index (χ0v) is 38.4. The topological polar surface area (TPSA) is 210 Å². The van der Waals surface area contributed by atoms with Crippen LogP contribution in [0.3, 0.4) is 0 Å². The summed E-state index contributed by atoms with van der Waals surface area (Å²) in [5.74, 6) is -1.34. The number of aliphatic hydroxyl groups excluding tert-OH is 1. The van der Waals surface area contributed by atoms with Crippen molar-refractivity contribution in [3.8, 4) is 21.1 Å². The molecule has 16 nitrogen and oxygen atoms in total. The zero-order valence-electron chi connectivity index (χ0n) is 36.8. The number of aliphatic imine (C=N–C) groups is 1. The first-order chi connectivity index (χ1) is 30.4. The van der Waals surface area contributed by atoms with E-state index in [1.165, 1.54) is 4.90 Å². The number of benzene rings is 2. The SMILES string of the molecule is Cc1ncsc1-c1ccc([C@H](C)NC(=O)[C@@H]2C[C@@H](O)CN2C(=O)[C@@H](NC(=O)c2ccn(-c3ccc(C4=N[C@@H](CC(=O)O)c5nnc(C)n5-c5sc(C)c(C)c54)cc3)n2)C(C)(C)C)cc1. The number of hydrogen-bond acceptors (Lipinski definition) is 12. The second-order valence-electron chi connectivity index (χ2n) is 17.5. The van der Waals surface area contributed by atoms with Crippen LogP contribution in [0.5, 0.6) is 0 Å². The summed E-state index contributed by atoms with van der Waals surface area (Å²) in [4.78, 5) is 66.8. The van der Waals surface area contributed by atoms with Crippen LogP contribution in [0, 0.1) is 33.1 Å². The number of carboxylic acids is 1. The van der Waals surface area contributed by atoms with Crippen molar-refractivity contribution in [1.82, 2.24) is 45.1 Å². The summed E-state index contributed by atoms with van der Waals surface area (Å²) >= 11 is 3.15.